The molecular weight excluding hydrogens is 275 g/mol. The highest BCUT2D eigenvalue weighted by atomic mass is 19.4. The summed E-state index contributed by atoms with van der Waals surface area (Å²) in [5.41, 5.74) is 4.51. The van der Waals surface area contributed by atoms with Crippen molar-refractivity contribution in [2.24, 2.45) is 5.73 Å². The molecular formula is C11H16F3N5O. The first-order valence-electron chi connectivity index (χ1n) is 6.18. The van der Waals surface area contributed by atoms with Crippen LogP contribution in [0.25, 0.3) is 0 Å². The van der Waals surface area contributed by atoms with Crippen LogP contribution in [0.2, 0.25) is 0 Å². The highest BCUT2D eigenvalue weighted by molar-refractivity contribution is 5.31. The Morgan fingerprint density at radius 2 is 1.75 bits per heavy atom. The first-order chi connectivity index (χ1) is 9.41. The van der Waals surface area contributed by atoms with Crippen molar-refractivity contribution >= 4 is 5.95 Å². The fourth-order valence-corrected chi connectivity index (χ4v) is 2.00. The number of alkyl halides is 3. The summed E-state index contributed by atoms with van der Waals surface area (Å²) < 4.78 is 37.2. The van der Waals surface area contributed by atoms with Gasteiger partial charge in [0.25, 0.3) is 0 Å². The Hall–Kier alpha value is -1.45. The van der Waals surface area contributed by atoms with E-state index in [4.69, 9.17) is 5.73 Å². The monoisotopic (exact) mass is 291 g/mol. The Kier molecular flexibility index (Phi) is 4.41. The van der Waals surface area contributed by atoms with Gasteiger partial charge in [-0.3, -0.25) is 4.90 Å². The van der Waals surface area contributed by atoms with Crippen LogP contribution in [0.3, 0.4) is 0 Å². The second-order valence-corrected chi connectivity index (χ2v) is 4.51. The molecule has 20 heavy (non-hydrogen) atoms. The second-order valence-electron chi connectivity index (χ2n) is 4.51. The first-order valence-corrected chi connectivity index (χ1v) is 6.18. The van der Waals surface area contributed by atoms with E-state index in [0.29, 0.717) is 26.2 Å². The topological polar surface area (TPSA) is 78.5 Å². The third-order valence-corrected chi connectivity index (χ3v) is 3.19. The number of hydrogen-bond donors (Lipinski definition) is 2. The summed E-state index contributed by atoms with van der Waals surface area (Å²) in [5, 5.41) is 9.59. The largest absolute Gasteiger partial charge is 0.419 e. The van der Waals surface area contributed by atoms with Gasteiger partial charge in [-0.1, -0.05) is 0 Å². The summed E-state index contributed by atoms with van der Waals surface area (Å²) in [6.07, 6.45) is -3.55. The number of aromatic nitrogens is 2. The number of rotatable bonds is 3. The molecule has 1 aromatic heterocycles. The average Bonchev–Trinajstić information content (AvgIpc) is 2.46. The third-order valence-electron chi connectivity index (χ3n) is 3.19. The Bertz CT molecular complexity index is 431. The highest BCUT2D eigenvalue weighted by Crippen LogP contribution is 2.28. The van der Waals surface area contributed by atoms with Crippen LogP contribution >= 0.6 is 0 Å². The fraction of sp³-hybridized carbons (Fsp3) is 0.636. The molecule has 112 valence electrons. The van der Waals surface area contributed by atoms with E-state index >= 15 is 0 Å². The molecule has 2 rings (SSSR count). The number of aliphatic hydroxyl groups excluding tert-OH is 1. The number of nitrogens with zero attached hydrogens (tertiary/aromatic N) is 4. The summed E-state index contributed by atoms with van der Waals surface area (Å²) in [5.74, 6) is 0.264. The minimum atomic E-state index is -4.43. The minimum Gasteiger partial charge on any atom is -0.377 e. The number of hydrogen-bond acceptors (Lipinski definition) is 6. The molecule has 1 unspecified atom stereocenters. The standard InChI is InChI=1S/C11H16F3N5O/c12-11(13,14)8-6-16-10(17-7-8)19-3-1-18(2-4-19)9(20)5-15/h6-7,9,20H,1-5,15H2. The molecule has 0 aromatic carbocycles. The van der Waals surface area contributed by atoms with Gasteiger partial charge in [-0.05, 0) is 0 Å². The molecule has 1 atom stereocenters. The molecule has 2 heterocycles. The van der Waals surface area contributed by atoms with Gasteiger partial charge in [0.15, 0.2) is 0 Å². The average molecular weight is 291 g/mol. The highest BCUT2D eigenvalue weighted by Gasteiger charge is 2.32. The third kappa shape index (κ3) is 3.35. The summed E-state index contributed by atoms with van der Waals surface area (Å²) >= 11 is 0. The molecule has 0 spiro atoms. The lowest BCUT2D eigenvalue weighted by molar-refractivity contribution is -0.138. The molecule has 9 heteroatoms. The van der Waals surface area contributed by atoms with Crippen LogP contribution in [0.5, 0.6) is 0 Å². The molecule has 0 aliphatic carbocycles. The van der Waals surface area contributed by atoms with Crippen LogP contribution in [0.15, 0.2) is 12.4 Å². The normalized spacial score (nSPS) is 19.1. The van der Waals surface area contributed by atoms with Gasteiger partial charge in [0.2, 0.25) is 5.95 Å². The number of anilines is 1. The van der Waals surface area contributed by atoms with Crippen molar-refractivity contribution < 1.29 is 18.3 Å². The van der Waals surface area contributed by atoms with Gasteiger partial charge >= 0.3 is 6.18 Å². The predicted octanol–water partition coefficient (Wildman–Crippen LogP) is -0.106. The van der Waals surface area contributed by atoms with Crippen molar-refractivity contribution in [2.75, 3.05) is 37.6 Å². The lowest BCUT2D eigenvalue weighted by Crippen LogP contribution is -2.52. The Labute approximate surface area is 114 Å². The predicted molar refractivity (Wildman–Crippen MR) is 65.9 cm³/mol. The van der Waals surface area contributed by atoms with E-state index in [1.54, 1.807) is 9.80 Å². The van der Waals surface area contributed by atoms with E-state index in [2.05, 4.69) is 9.97 Å². The first kappa shape index (κ1) is 14.9. The van der Waals surface area contributed by atoms with Crippen molar-refractivity contribution in [2.45, 2.75) is 12.4 Å². The van der Waals surface area contributed by atoms with E-state index in [0.717, 1.165) is 12.4 Å². The van der Waals surface area contributed by atoms with Crippen LogP contribution in [0, 0.1) is 0 Å². The van der Waals surface area contributed by atoms with Gasteiger partial charge in [0.05, 0.1) is 5.56 Å². The molecule has 0 bridgehead atoms. The SMILES string of the molecule is NCC(O)N1CCN(c2ncc(C(F)(F)F)cn2)CC1. The number of aliphatic hydroxyl groups is 1. The molecule has 0 amide bonds. The fourth-order valence-electron chi connectivity index (χ4n) is 2.00. The number of halogens is 3. The maximum atomic E-state index is 12.4. The zero-order valence-corrected chi connectivity index (χ0v) is 10.7. The quantitative estimate of drug-likeness (QED) is 0.809. The Morgan fingerprint density at radius 3 is 2.20 bits per heavy atom. The van der Waals surface area contributed by atoms with E-state index in [-0.39, 0.29) is 12.5 Å². The van der Waals surface area contributed by atoms with Crippen molar-refractivity contribution in [3.05, 3.63) is 18.0 Å². The summed E-state index contributed by atoms with van der Waals surface area (Å²) in [7, 11) is 0. The van der Waals surface area contributed by atoms with Gasteiger partial charge in [-0.25, -0.2) is 9.97 Å². The molecule has 1 aliphatic heterocycles. The van der Waals surface area contributed by atoms with Crippen molar-refractivity contribution in [3.8, 4) is 0 Å². The zero-order chi connectivity index (χ0) is 14.8. The maximum Gasteiger partial charge on any atom is 0.419 e. The second kappa shape index (κ2) is 5.90. The van der Waals surface area contributed by atoms with Gasteiger partial charge in [-0.15, -0.1) is 0 Å². The van der Waals surface area contributed by atoms with E-state index in [1.807, 2.05) is 0 Å². The Morgan fingerprint density at radius 1 is 1.20 bits per heavy atom. The van der Waals surface area contributed by atoms with Crippen LogP contribution in [-0.2, 0) is 6.18 Å². The molecule has 6 nitrogen and oxygen atoms in total. The zero-order valence-electron chi connectivity index (χ0n) is 10.7. The van der Waals surface area contributed by atoms with Crippen LogP contribution < -0.4 is 10.6 Å². The molecule has 1 fully saturated rings. The van der Waals surface area contributed by atoms with Crippen molar-refractivity contribution in [3.63, 3.8) is 0 Å². The van der Waals surface area contributed by atoms with Crippen LogP contribution in [0.1, 0.15) is 5.56 Å². The summed E-state index contributed by atoms with van der Waals surface area (Å²) in [4.78, 5) is 11.1. The molecule has 0 saturated carbocycles. The van der Waals surface area contributed by atoms with E-state index < -0.39 is 18.0 Å². The maximum absolute atomic E-state index is 12.4. The Balaban J connectivity index is 1.97. The molecule has 1 aromatic rings. The van der Waals surface area contributed by atoms with Crippen LogP contribution in [0.4, 0.5) is 19.1 Å². The lowest BCUT2D eigenvalue weighted by atomic mass is 10.3. The minimum absolute atomic E-state index is 0.150. The number of piperazine rings is 1. The van der Waals surface area contributed by atoms with Gasteiger partial charge in [0, 0.05) is 45.1 Å². The van der Waals surface area contributed by atoms with E-state index in [1.165, 1.54) is 0 Å². The number of nitrogens with two attached hydrogens (primary N) is 1. The molecule has 0 radical (unpaired) electrons. The van der Waals surface area contributed by atoms with Gasteiger partial charge in [-0.2, -0.15) is 13.2 Å². The van der Waals surface area contributed by atoms with Crippen LogP contribution in [-0.4, -0.2) is 58.9 Å². The molecule has 1 aliphatic rings. The van der Waals surface area contributed by atoms with Crippen molar-refractivity contribution in [1.82, 2.24) is 14.9 Å². The summed E-state index contributed by atoms with van der Waals surface area (Å²) in [6.45, 7) is 2.33. The molecule has 3 N–H and O–H groups in total. The van der Waals surface area contributed by atoms with Crippen molar-refractivity contribution in [1.29, 1.82) is 0 Å². The molecule has 1 saturated heterocycles. The van der Waals surface area contributed by atoms with Gasteiger partial charge < -0.3 is 15.7 Å². The summed E-state index contributed by atoms with van der Waals surface area (Å²) in [6, 6.07) is 0. The van der Waals surface area contributed by atoms with E-state index in [9.17, 15) is 18.3 Å². The smallest absolute Gasteiger partial charge is 0.377 e. The lowest BCUT2D eigenvalue weighted by Gasteiger charge is -2.36. The van der Waals surface area contributed by atoms with Gasteiger partial charge in [0.1, 0.15) is 6.23 Å².